The molecule has 1 saturated heterocycles. The Morgan fingerprint density at radius 2 is 1.81 bits per heavy atom. The summed E-state index contributed by atoms with van der Waals surface area (Å²) in [6, 6.07) is 5.95. The fourth-order valence-electron chi connectivity index (χ4n) is 4.59. The van der Waals surface area contributed by atoms with Crippen molar-refractivity contribution in [3.05, 3.63) is 51.1 Å². The molecule has 0 bridgehead atoms. The molecule has 1 aliphatic rings. The molecule has 1 N–H and O–H groups in total. The Balaban J connectivity index is 1.89. The molecule has 8 nitrogen and oxygen atoms in total. The minimum atomic E-state index is -0.304. The monoisotopic (exact) mass is 423 g/mol. The van der Waals surface area contributed by atoms with Gasteiger partial charge in [0.1, 0.15) is 6.04 Å². The number of nitrogens with zero attached hydrogens (tertiary/aromatic N) is 6. The molecule has 0 aliphatic carbocycles. The fraction of sp³-hybridized carbons (Fsp3) is 0.565. The fourth-order valence-corrected chi connectivity index (χ4v) is 4.59. The van der Waals surface area contributed by atoms with Gasteiger partial charge in [0.2, 0.25) is 0 Å². The van der Waals surface area contributed by atoms with Crippen molar-refractivity contribution in [2.24, 2.45) is 0 Å². The summed E-state index contributed by atoms with van der Waals surface area (Å²) in [6.07, 6.45) is 0. The molecule has 31 heavy (non-hydrogen) atoms. The lowest BCUT2D eigenvalue weighted by atomic mass is 9.99. The highest BCUT2D eigenvalue weighted by atomic mass is 16.1. The lowest BCUT2D eigenvalue weighted by Gasteiger charge is -2.39. The van der Waals surface area contributed by atoms with Gasteiger partial charge in [-0.25, -0.2) is 4.68 Å². The van der Waals surface area contributed by atoms with E-state index in [4.69, 9.17) is 0 Å². The summed E-state index contributed by atoms with van der Waals surface area (Å²) in [6.45, 7) is 17.2. The van der Waals surface area contributed by atoms with Crippen LogP contribution in [0.3, 0.4) is 0 Å². The zero-order valence-electron chi connectivity index (χ0n) is 19.4. The molecule has 0 saturated carbocycles. The third-order valence-electron chi connectivity index (χ3n) is 6.21. The van der Waals surface area contributed by atoms with Crippen molar-refractivity contribution in [2.75, 3.05) is 32.7 Å². The highest BCUT2D eigenvalue weighted by molar-refractivity contribution is 5.83. The molecule has 0 radical (unpaired) electrons. The molecule has 1 fully saturated rings. The van der Waals surface area contributed by atoms with E-state index in [1.54, 1.807) is 0 Å². The summed E-state index contributed by atoms with van der Waals surface area (Å²) in [5.41, 5.74) is 3.47. The summed E-state index contributed by atoms with van der Waals surface area (Å²) in [7, 11) is 0. The van der Waals surface area contributed by atoms with E-state index in [1.807, 2.05) is 17.7 Å². The van der Waals surface area contributed by atoms with Crippen LogP contribution in [-0.2, 0) is 5.54 Å². The number of tetrazole rings is 1. The maximum Gasteiger partial charge on any atom is 0.253 e. The SMILES string of the molecule is CCN1CCN(C(c2cc3cc(C)cc(C)c3[nH]c2=O)c2nnnn2C(C)(C)C)CC1. The number of rotatable bonds is 4. The molecule has 1 aromatic carbocycles. The largest absolute Gasteiger partial charge is 0.321 e. The third-order valence-corrected chi connectivity index (χ3v) is 6.21. The summed E-state index contributed by atoms with van der Waals surface area (Å²) in [4.78, 5) is 21.3. The van der Waals surface area contributed by atoms with Crippen LogP contribution in [-0.4, -0.2) is 67.7 Å². The summed E-state index contributed by atoms with van der Waals surface area (Å²) in [5.74, 6) is 0.715. The first-order chi connectivity index (χ1) is 14.7. The van der Waals surface area contributed by atoms with E-state index in [9.17, 15) is 4.79 Å². The van der Waals surface area contributed by atoms with Crippen LogP contribution in [0.1, 0.15) is 56.3 Å². The number of aryl methyl sites for hydroxylation is 2. The van der Waals surface area contributed by atoms with Crippen LogP contribution < -0.4 is 5.56 Å². The number of likely N-dealkylation sites (N-methyl/N-ethyl adjacent to an activating group) is 1. The van der Waals surface area contributed by atoms with E-state index in [-0.39, 0.29) is 17.1 Å². The van der Waals surface area contributed by atoms with Gasteiger partial charge in [-0.05, 0) is 74.7 Å². The predicted octanol–water partition coefficient (Wildman–Crippen LogP) is 2.61. The summed E-state index contributed by atoms with van der Waals surface area (Å²) >= 11 is 0. The molecule has 0 spiro atoms. The van der Waals surface area contributed by atoms with Gasteiger partial charge in [0.15, 0.2) is 5.82 Å². The second-order valence-electron chi connectivity index (χ2n) is 9.59. The van der Waals surface area contributed by atoms with Crippen LogP contribution >= 0.6 is 0 Å². The van der Waals surface area contributed by atoms with Crippen LogP contribution in [0.4, 0.5) is 0 Å². The van der Waals surface area contributed by atoms with E-state index in [2.05, 4.69) is 77.1 Å². The Hall–Kier alpha value is -2.58. The Morgan fingerprint density at radius 1 is 1.10 bits per heavy atom. The Bertz CT molecular complexity index is 1130. The minimum absolute atomic E-state index is 0.0779. The normalized spacial score (nSPS) is 17.4. The second-order valence-corrected chi connectivity index (χ2v) is 9.59. The van der Waals surface area contributed by atoms with Crippen LogP contribution in [0.2, 0.25) is 0 Å². The number of aromatic amines is 1. The van der Waals surface area contributed by atoms with E-state index in [0.717, 1.165) is 49.2 Å². The number of H-pyrrole nitrogens is 1. The maximum absolute atomic E-state index is 13.4. The topological polar surface area (TPSA) is 82.9 Å². The first kappa shape index (κ1) is 21.6. The smallest absolute Gasteiger partial charge is 0.253 e. The number of hydrogen-bond donors (Lipinski definition) is 1. The van der Waals surface area contributed by atoms with Crippen molar-refractivity contribution in [3.63, 3.8) is 0 Å². The Labute approximate surface area is 183 Å². The van der Waals surface area contributed by atoms with Crippen LogP contribution in [0, 0.1) is 13.8 Å². The molecule has 3 heterocycles. The Morgan fingerprint density at radius 3 is 2.45 bits per heavy atom. The number of fused-ring (bicyclic) bond motifs is 1. The molecule has 8 heteroatoms. The second kappa shape index (κ2) is 8.16. The molecule has 3 aromatic rings. The van der Waals surface area contributed by atoms with E-state index < -0.39 is 0 Å². The number of hydrogen-bond acceptors (Lipinski definition) is 6. The van der Waals surface area contributed by atoms with Gasteiger partial charge in [-0.15, -0.1) is 5.10 Å². The average Bonchev–Trinajstić information content (AvgIpc) is 3.20. The maximum atomic E-state index is 13.4. The first-order valence-electron chi connectivity index (χ1n) is 11.1. The lowest BCUT2D eigenvalue weighted by Crippen LogP contribution is -2.49. The molecule has 166 valence electrons. The molecule has 1 aliphatic heterocycles. The van der Waals surface area contributed by atoms with Gasteiger partial charge in [0, 0.05) is 31.7 Å². The van der Waals surface area contributed by atoms with Crippen molar-refractivity contribution < 1.29 is 0 Å². The van der Waals surface area contributed by atoms with Gasteiger partial charge in [0.25, 0.3) is 5.56 Å². The van der Waals surface area contributed by atoms with Crippen LogP contribution in [0.15, 0.2) is 23.0 Å². The van der Waals surface area contributed by atoms with E-state index in [0.29, 0.717) is 11.4 Å². The number of benzene rings is 1. The van der Waals surface area contributed by atoms with Crippen molar-refractivity contribution >= 4 is 10.9 Å². The minimum Gasteiger partial charge on any atom is -0.321 e. The van der Waals surface area contributed by atoms with E-state index >= 15 is 0 Å². The van der Waals surface area contributed by atoms with Gasteiger partial charge in [-0.1, -0.05) is 18.6 Å². The Kier molecular flexibility index (Phi) is 5.70. The number of pyridine rings is 1. The zero-order valence-corrected chi connectivity index (χ0v) is 19.4. The van der Waals surface area contributed by atoms with Crippen molar-refractivity contribution in [3.8, 4) is 0 Å². The highest BCUT2D eigenvalue weighted by Crippen LogP contribution is 2.30. The van der Waals surface area contributed by atoms with Crippen LogP contribution in [0.5, 0.6) is 0 Å². The molecular formula is C23H33N7O. The van der Waals surface area contributed by atoms with Crippen LogP contribution in [0.25, 0.3) is 10.9 Å². The summed E-state index contributed by atoms with van der Waals surface area (Å²) in [5, 5.41) is 13.7. The number of aromatic nitrogens is 5. The van der Waals surface area contributed by atoms with Gasteiger partial charge in [-0.3, -0.25) is 9.69 Å². The first-order valence-corrected chi connectivity index (χ1v) is 11.1. The van der Waals surface area contributed by atoms with Gasteiger partial charge >= 0.3 is 0 Å². The standard InChI is InChI=1S/C23H33N7O/c1-7-28-8-10-29(11-9-28)20(21-25-26-27-30(21)23(4,5)6)18-14-17-13-15(2)12-16(3)19(17)24-22(18)31/h12-14,20H,7-11H2,1-6H3,(H,24,31). The van der Waals surface area contributed by atoms with E-state index in [1.165, 1.54) is 5.56 Å². The molecule has 1 unspecified atom stereocenters. The highest BCUT2D eigenvalue weighted by Gasteiger charge is 2.34. The molecule has 4 rings (SSSR count). The molecule has 0 amide bonds. The molecule has 2 aromatic heterocycles. The molecular weight excluding hydrogens is 390 g/mol. The van der Waals surface area contributed by atoms with Crippen molar-refractivity contribution in [1.82, 2.24) is 35.0 Å². The summed E-state index contributed by atoms with van der Waals surface area (Å²) < 4.78 is 1.86. The predicted molar refractivity (Wildman–Crippen MR) is 122 cm³/mol. The van der Waals surface area contributed by atoms with Gasteiger partial charge < -0.3 is 9.88 Å². The third kappa shape index (κ3) is 4.14. The lowest BCUT2D eigenvalue weighted by molar-refractivity contribution is 0.105. The quantitative estimate of drug-likeness (QED) is 0.695. The molecule has 1 atom stereocenters. The number of piperazine rings is 1. The van der Waals surface area contributed by atoms with Crippen molar-refractivity contribution in [1.29, 1.82) is 0 Å². The van der Waals surface area contributed by atoms with Gasteiger partial charge in [0.05, 0.1) is 11.1 Å². The zero-order chi connectivity index (χ0) is 22.3. The average molecular weight is 424 g/mol. The van der Waals surface area contributed by atoms with Crippen molar-refractivity contribution in [2.45, 2.75) is 53.1 Å². The number of nitrogens with one attached hydrogen (secondary N) is 1. The van der Waals surface area contributed by atoms with Gasteiger partial charge in [-0.2, -0.15) is 0 Å².